The lowest BCUT2D eigenvalue weighted by Crippen LogP contribution is -1.96. The average Bonchev–Trinajstić information content (AvgIpc) is 2.28. The van der Waals surface area contributed by atoms with Crippen LogP contribution in [0.3, 0.4) is 0 Å². The van der Waals surface area contributed by atoms with Gasteiger partial charge in [-0.25, -0.2) is 9.97 Å². The first-order chi connectivity index (χ1) is 7.66. The molecule has 82 valence electrons. The Morgan fingerprint density at radius 1 is 1.25 bits per heavy atom. The number of hydrogen-bond acceptors (Lipinski definition) is 4. The lowest BCUT2D eigenvalue weighted by Gasteiger charge is -2.08. The van der Waals surface area contributed by atoms with E-state index in [0.717, 1.165) is 9.13 Å². The third-order valence-corrected chi connectivity index (χ3v) is 2.68. The third-order valence-electron chi connectivity index (χ3n) is 2.12. The summed E-state index contributed by atoms with van der Waals surface area (Å²) < 4.78 is 6.51. The maximum absolute atomic E-state index is 5.78. The van der Waals surface area contributed by atoms with Gasteiger partial charge in [-0.3, -0.25) is 0 Å². The number of benzene rings is 1. The van der Waals surface area contributed by atoms with Crippen LogP contribution in [0.5, 0.6) is 11.8 Å². The smallest absolute Gasteiger partial charge is 0.321 e. The molecule has 0 fully saturated rings. The van der Waals surface area contributed by atoms with Gasteiger partial charge in [-0.15, -0.1) is 0 Å². The topological polar surface area (TPSA) is 61.0 Å². The van der Waals surface area contributed by atoms with E-state index >= 15 is 0 Å². The molecule has 0 atom stereocenters. The molecule has 0 spiro atoms. The molecule has 0 aliphatic rings. The van der Waals surface area contributed by atoms with Crippen molar-refractivity contribution in [2.45, 2.75) is 6.92 Å². The molecule has 0 aliphatic heterocycles. The predicted molar refractivity (Wildman–Crippen MR) is 70.4 cm³/mol. The van der Waals surface area contributed by atoms with Gasteiger partial charge in [0.25, 0.3) is 0 Å². The summed E-state index contributed by atoms with van der Waals surface area (Å²) in [5.74, 6) is 0.682. The van der Waals surface area contributed by atoms with Gasteiger partial charge < -0.3 is 10.5 Å². The number of nitrogens with zero attached hydrogens (tertiary/aromatic N) is 2. The van der Waals surface area contributed by atoms with Gasteiger partial charge in [-0.05, 0) is 41.6 Å². The summed E-state index contributed by atoms with van der Waals surface area (Å²) >= 11 is 2.14. The zero-order valence-electron chi connectivity index (χ0n) is 8.64. The van der Waals surface area contributed by atoms with Crippen LogP contribution in [0.2, 0.25) is 0 Å². The van der Waals surface area contributed by atoms with E-state index in [1.165, 1.54) is 0 Å². The number of halogens is 1. The molecule has 2 rings (SSSR count). The van der Waals surface area contributed by atoms with Crippen LogP contribution in [0.1, 0.15) is 5.56 Å². The first-order valence-corrected chi connectivity index (χ1v) is 5.75. The maximum Gasteiger partial charge on any atom is 0.321 e. The summed E-state index contributed by atoms with van der Waals surface area (Å²) in [6, 6.07) is 5.84. The van der Waals surface area contributed by atoms with Crippen molar-refractivity contribution in [3.05, 3.63) is 39.7 Å². The maximum atomic E-state index is 5.78. The summed E-state index contributed by atoms with van der Waals surface area (Å²) in [7, 11) is 0. The van der Waals surface area contributed by atoms with E-state index in [0.29, 0.717) is 17.4 Å². The van der Waals surface area contributed by atoms with Crippen LogP contribution in [-0.4, -0.2) is 9.97 Å². The van der Waals surface area contributed by atoms with Crippen molar-refractivity contribution in [1.82, 2.24) is 9.97 Å². The van der Waals surface area contributed by atoms with Crippen molar-refractivity contribution in [1.29, 1.82) is 0 Å². The van der Waals surface area contributed by atoms with Crippen molar-refractivity contribution in [3.8, 4) is 11.8 Å². The second kappa shape index (κ2) is 4.65. The van der Waals surface area contributed by atoms with Gasteiger partial charge >= 0.3 is 6.01 Å². The quantitative estimate of drug-likeness (QED) is 0.681. The van der Waals surface area contributed by atoms with Crippen LogP contribution in [-0.2, 0) is 0 Å². The molecule has 1 aromatic carbocycles. The number of nitrogen functional groups attached to an aromatic ring is 1. The Balaban J connectivity index is 2.27. The average molecular weight is 327 g/mol. The molecule has 5 heteroatoms. The zero-order chi connectivity index (χ0) is 11.5. The molecule has 0 saturated carbocycles. The minimum atomic E-state index is 0.328. The molecule has 2 aromatic rings. The molecular weight excluding hydrogens is 317 g/mol. The monoisotopic (exact) mass is 327 g/mol. The Morgan fingerprint density at radius 2 is 1.94 bits per heavy atom. The van der Waals surface area contributed by atoms with Crippen molar-refractivity contribution in [2.24, 2.45) is 0 Å². The van der Waals surface area contributed by atoms with Crippen LogP contribution >= 0.6 is 22.6 Å². The molecule has 0 unspecified atom stereocenters. The third kappa shape index (κ3) is 2.41. The highest BCUT2D eigenvalue weighted by molar-refractivity contribution is 14.1. The summed E-state index contributed by atoms with van der Waals surface area (Å²) in [5, 5.41) is 0. The molecule has 16 heavy (non-hydrogen) atoms. The van der Waals surface area contributed by atoms with Crippen LogP contribution in [0.25, 0.3) is 0 Å². The summed E-state index contributed by atoms with van der Waals surface area (Å²) in [6.45, 7) is 1.90. The van der Waals surface area contributed by atoms with E-state index in [4.69, 9.17) is 10.5 Å². The fourth-order valence-corrected chi connectivity index (χ4v) is 1.47. The molecule has 4 nitrogen and oxygen atoms in total. The van der Waals surface area contributed by atoms with Gasteiger partial charge in [0.2, 0.25) is 0 Å². The van der Waals surface area contributed by atoms with Crippen molar-refractivity contribution in [3.63, 3.8) is 0 Å². The molecule has 0 amide bonds. The lowest BCUT2D eigenvalue weighted by atomic mass is 10.2. The second-order valence-corrected chi connectivity index (χ2v) is 4.50. The molecule has 1 heterocycles. The van der Waals surface area contributed by atoms with Crippen LogP contribution in [0, 0.1) is 10.5 Å². The van der Waals surface area contributed by atoms with Crippen molar-refractivity contribution < 1.29 is 4.74 Å². The Hall–Kier alpha value is -1.37. The van der Waals surface area contributed by atoms with E-state index in [1.807, 2.05) is 25.1 Å². The Kier molecular flexibility index (Phi) is 3.23. The number of rotatable bonds is 2. The SMILES string of the molecule is Cc1c(N)cccc1Oc1ncc(I)cn1. The molecule has 0 aliphatic carbocycles. The highest BCUT2D eigenvalue weighted by Crippen LogP contribution is 2.26. The summed E-state index contributed by atoms with van der Waals surface area (Å²) in [6.07, 6.45) is 3.40. The Bertz CT molecular complexity index is 499. The molecular formula is C11H10IN3O. The second-order valence-electron chi connectivity index (χ2n) is 3.26. The normalized spacial score (nSPS) is 10.1. The van der Waals surface area contributed by atoms with Gasteiger partial charge in [0.15, 0.2) is 0 Å². The van der Waals surface area contributed by atoms with Crippen molar-refractivity contribution in [2.75, 3.05) is 5.73 Å². The molecule has 1 aromatic heterocycles. The van der Waals surface area contributed by atoms with E-state index in [2.05, 4.69) is 32.6 Å². The van der Waals surface area contributed by atoms with Crippen LogP contribution in [0.15, 0.2) is 30.6 Å². The molecule has 2 N–H and O–H groups in total. The summed E-state index contributed by atoms with van der Waals surface area (Å²) in [4.78, 5) is 8.13. The first-order valence-electron chi connectivity index (χ1n) is 4.67. The van der Waals surface area contributed by atoms with E-state index in [9.17, 15) is 0 Å². The lowest BCUT2D eigenvalue weighted by molar-refractivity contribution is 0.438. The van der Waals surface area contributed by atoms with Gasteiger partial charge in [0.05, 0.1) is 0 Å². The van der Waals surface area contributed by atoms with Gasteiger partial charge in [-0.1, -0.05) is 6.07 Å². The van der Waals surface area contributed by atoms with Crippen LogP contribution < -0.4 is 10.5 Å². The van der Waals surface area contributed by atoms with Crippen LogP contribution in [0.4, 0.5) is 5.69 Å². The van der Waals surface area contributed by atoms with E-state index in [-0.39, 0.29) is 0 Å². The minimum absolute atomic E-state index is 0.328. The highest BCUT2D eigenvalue weighted by Gasteiger charge is 2.05. The minimum Gasteiger partial charge on any atom is -0.424 e. The number of ether oxygens (including phenoxy) is 1. The summed E-state index contributed by atoms with van der Waals surface area (Å²) in [5.41, 5.74) is 7.37. The molecule has 0 bridgehead atoms. The Morgan fingerprint density at radius 3 is 2.62 bits per heavy atom. The molecule has 0 saturated heterocycles. The Labute approximate surface area is 107 Å². The highest BCUT2D eigenvalue weighted by atomic mass is 127. The van der Waals surface area contributed by atoms with Crippen molar-refractivity contribution >= 4 is 28.3 Å². The first kappa shape index (κ1) is 11.1. The number of aromatic nitrogens is 2. The number of hydrogen-bond donors (Lipinski definition) is 1. The predicted octanol–water partition coefficient (Wildman–Crippen LogP) is 2.76. The zero-order valence-corrected chi connectivity index (χ0v) is 10.8. The van der Waals surface area contributed by atoms with E-state index < -0.39 is 0 Å². The fraction of sp³-hybridized carbons (Fsp3) is 0.0909. The van der Waals surface area contributed by atoms with Gasteiger partial charge in [0.1, 0.15) is 5.75 Å². The fourth-order valence-electron chi connectivity index (χ4n) is 1.19. The largest absolute Gasteiger partial charge is 0.424 e. The molecule has 0 radical (unpaired) electrons. The number of anilines is 1. The standard InChI is InChI=1S/C11H10IN3O/c1-7-9(13)3-2-4-10(7)16-11-14-5-8(12)6-15-11/h2-6H,13H2,1H3. The van der Waals surface area contributed by atoms with Gasteiger partial charge in [0, 0.05) is 27.2 Å². The number of nitrogens with two attached hydrogens (primary N) is 1. The van der Waals surface area contributed by atoms with Gasteiger partial charge in [-0.2, -0.15) is 0 Å². The van der Waals surface area contributed by atoms with E-state index in [1.54, 1.807) is 12.4 Å².